The Morgan fingerprint density at radius 2 is 1.71 bits per heavy atom. The number of nitrogens with one attached hydrogen (secondary N) is 2. The van der Waals surface area contributed by atoms with Gasteiger partial charge in [0.1, 0.15) is 0 Å². The lowest BCUT2D eigenvalue weighted by Gasteiger charge is -2.24. The average Bonchev–Trinajstić information content (AvgIpc) is 3.18. The molecule has 7 nitrogen and oxygen atoms in total. The van der Waals surface area contributed by atoms with E-state index in [1.807, 2.05) is 0 Å². The first-order valence-electron chi connectivity index (χ1n) is 8.80. The van der Waals surface area contributed by atoms with Gasteiger partial charge in [-0.3, -0.25) is 9.59 Å². The van der Waals surface area contributed by atoms with Crippen molar-refractivity contribution in [3.05, 3.63) is 59.6 Å². The Labute approximate surface area is 168 Å². The summed E-state index contributed by atoms with van der Waals surface area (Å²) in [5.41, 5.74) is 0.332. The minimum atomic E-state index is -3.65. The molecule has 148 valence electrons. The van der Waals surface area contributed by atoms with Crippen LogP contribution in [-0.2, 0) is 19.6 Å². The van der Waals surface area contributed by atoms with Crippen molar-refractivity contribution in [2.75, 3.05) is 18.4 Å². The van der Waals surface area contributed by atoms with Crippen LogP contribution in [0.5, 0.6) is 0 Å². The molecule has 1 atom stereocenters. The first-order chi connectivity index (χ1) is 13.4. The van der Waals surface area contributed by atoms with Gasteiger partial charge in [-0.1, -0.05) is 41.9 Å². The highest BCUT2D eigenvalue weighted by Gasteiger charge is 2.35. The molecular weight excluding hydrogens is 402 g/mol. The molecule has 1 aliphatic heterocycles. The first-order valence-corrected chi connectivity index (χ1v) is 10.6. The minimum absolute atomic E-state index is 0.0564. The van der Waals surface area contributed by atoms with Crippen molar-refractivity contribution in [1.29, 1.82) is 0 Å². The number of hydrogen-bond donors (Lipinski definition) is 2. The number of benzene rings is 2. The van der Waals surface area contributed by atoms with Crippen LogP contribution in [0.1, 0.15) is 12.8 Å². The number of rotatable bonds is 5. The third-order valence-electron chi connectivity index (χ3n) is 4.50. The maximum atomic E-state index is 12.8. The summed E-state index contributed by atoms with van der Waals surface area (Å²) in [7, 11) is -3.65. The molecule has 0 bridgehead atoms. The second-order valence-electron chi connectivity index (χ2n) is 6.37. The van der Waals surface area contributed by atoms with Gasteiger partial charge in [-0.2, -0.15) is 4.31 Å². The van der Waals surface area contributed by atoms with Crippen LogP contribution in [0.25, 0.3) is 0 Å². The lowest BCUT2D eigenvalue weighted by Crippen LogP contribution is -2.45. The van der Waals surface area contributed by atoms with Crippen molar-refractivity contribution in [1.82, 2.24) is 9.62 Å². The molecule has 2 amide bonds. The molecule has 1 saturated heterocycles. The lowest BCUT2D eigenvalue weighted by molar-refractivity contribution is -0.136. The van der Waals surface area contributed by atoms with E-state index >= 15 is 0 Å². The SMILES string of the molecule is O=C(NC[C@H]1CCCN1S(=O)(=O)c1ccccc1)C(=O)Nc1ccccc1Cl. The van der Waals surface area contributed by atoms with Crippen molar-refractivity contribution in [3.8, 4) is 0 Å². The standard InChI is InChI=1S/C19H20ClN3O4S/c20-16-10-4-5-11-17(16)22-19(25)18(24)21-13-14-7-6-12-23(14)28(26,27)15-8-2-1-3-9-15/h1-5,8-11,14H,6-7,12-13H2,(H,21,24)(H,22,25)/t14-/m1/s1. The highest BCUT2D eigenvalue weighted by atomic mass is 35.5. The summed E-state index contributed by atoms with van der Waals surface area (Å²) in [5.74, 6) is -1.70. The number of halogens is 1. The number of carbonyl (C=O) groups excluding carboxylic acids is 2. The normalized spacial score (nSPS) is 17.2. The van der Waals surface area contributed by atoms with Crippen molar-refractivity contribution in [2.45, 2.75) is 23.8 Å². The summed E-state index contributed by atoms with van der Waals surface area (Å²) in [6.45, 7) is 0.435. The molecule has 1 aliphatic rings. The lowest BCUT2D eigenvalue weighted by atomic mass is 10.2. The van der Waals surface area contributed by atoms with Crippen LogP contribution in [0.15, 0.2) is 59.5 Å². The molecule has 0 aromatic heterocycles. The van der Waals surface area contributed by atoms with Crippen LogP contribution in [0, 0.1) is 0 Å². The molecule has 0 aliphatic carbocycles. The van der Waals surface area contributed by atoms with Crippen molar-refractivity contribution >= 4 is 39.1 Å². The fourth-order valence-corrected chi connectivity index (χ4v) is 4.99. The second kappa shape index (κ2) is 8.72. The smallest absolute Gasteiger partial charge is 0.313 e. The molecule has 0 spiro atoms. The van der Waals surface area contributed by atoms with E-state index in [0.29, 0.717) is 30.1 Å². The van der Waals surface area contributed by atoms with Gasteiger partial charge in [0.25, 0.3) is 0 Å². The summed E-state index contributed by atoms with van der Waals surface area (Å²) < 4.78 is 27.0. The molecule has 3 rings (SSSR count). The van der Waals surface area contributed by atoms with Crippen LogP contribution in [-0.4, -0.2) is 43.7 Å². The monoisotopic (exact) mass is 421 g/mol. The van der Waals surface area contributed by atoms with Gasteiger partial charge in [-0.05, 0) is 37.1 Å². The summed E-state index contributed by atoms with van der Waals surface area (Å²) in [4.78, 5) is 24.4. The van der Waals surface area contributed by atoms with Gasteiger partial charge in [0, 0.05) is 19.1 Å². The minimum Gasteiger partial charge on any atom is -0.346 e. The number of amides is 2. The first kappa shape index (κ1) is 20.3. The number of carbonyl (C=O) groups is 2. The maximum Gasteiger partial charge on any atom is 0.313 e. The van der Waals surface area contributed by atoms with Gasteiger partial charge in [-0.15, -0.1) is 0 Å². The molecule has 2 aromatic carbocycles. The molecule has 2 aromatic rings. The second-order valence-corrected chi connectivity index (χ2v) is 8.67. The molecule has 2 N–H and O–H groups in total. The van der Waals surface area contributed by atoms with Gasteiger partial charge in [0.15, 0.2) is 0 Å². The predicted molar refractivity (Wildman–Crippen MR) is 106 cm³/mol. The Bertz CT molecular complexity index is 966. The molecular formula is C19H20ClN3O4S. The summed E-state index contributed by atoms with van der Waals surface area (Å²) >= 11 is 5.96. The van der Waals surface area contributed by atoms with Gasteiger partial charge in [0.2, 0.25) is 10.0 Å². The molecule has 1 fully saturated rings. The quantitative estimate of drug-likeness (QED) is 0.724. The zero-order valence-corrected chi connectivity index (χ0v) is 16.5. The van der Waals surface area contributed by atoms with E-state index in [9.17, 15) is 18.0 Å². The van der Waals surface area contributed by atoms with Gasteiger partial charge < -0.3 is 10.6 Å². The largest absolute Gasteiger partial charge is 0.346 e. The van der Waals surface area contributed by atoms with Crippen molar-refractivity contribution < 1.29 is 18.0 Å². The van der Waals surface area contributed by atoms with Crippen molar-refractivity contribution in [2.24, 2.45) is 0 Å². The predicted octanol–water partition coefficient (Wildman–Crippen LogP) is 2.25. The fraction of sp³-hybridized carbons (Fsp3) is 0.263. The Morgan fingerprint density at radius 1 is 1.04 bits per heavy atom. The Kier molecular flexibility index (Phi) is 6.33. The van der Waals surface area contributed by atoms with E-state index in [-0.39, 0.29) is 11.4 Å². The molecule has 1 heterocycles. The van der Waals surface area contributed by atoms with E-state index < -0.39 is 27.9 Å². The molecule has 0 saturated carbocycles. The summed E-state index contributed by atoms with van der Waals surface area (Å²) in [6.07, 6.45) is 1.30. The summed E-state index contributed by atoms with van der Waals surface area (Å²) in [6, 6.07) is 14.3. The molecule has 9 heteroatoms. The van der Waals surface area contributed by atoms with Gasteiger partial charge in [0.05, 0.1) is 15.6 Å². The van der Waals surface area contributed by atoms with E-state index in [0.717, 1.165) is 0 Å². The Morgan fingerprint density at radius 3 is 2.43 bits per heavy atom. The zero-order chi connectivity index (χ0) is 20.1. The van der Waals surface area contributed by atoms with Gasteiger partial charge in [-0.25, -0.2) is 8.42 Å². The van der Waals surface area contributed by atoms with E-state index in [4.69, 9.17) is 11.6 Å². The summed E-state index contributed by atoms with van der Waals surface area (Å²) in [5, 5.41) is 5.27. The van der Waals surface area contributed by atoms with Gasteiger partial charge >= 0.3 is 11.8 Å². The van der Waals surface area contributed by atoms with Crippen LogP contribution >= 0.6 is 11.6 Å². The van der Waals surface area contributed by atoms with Crippen LogP contribution in [0.2, 0.25) is 5.02 Å². The Hall–Kier alpha value is -2.42. The number of nitrogens with zero attached hydrogens (tertiary/aromatic N) is 1. The number of anilines is 1. The van der Waals surface area contributed by atoms with Crippen LogP contribution in [0.4, 0.5) is 5.69 Å². The fourth-order valence-electron chi connectivity index (χ4n) is 3.09. The zero-order valence-electron chi connectivity index (χ0n) is 15.0. The molecule has 28 heavy (non-hydrogen) atoms. The highest BCUT2D eigenvalue weighted by molar-refractivity contribution is 7.89. The Balaban J connectivity index is 1.61. The van der Waals surface area contributed by atoms with E-state index in [1.165, 1.54) is 4.31 Å². The van der Waals surface area contributed by atoms with E-state index in [2.05, 4.69) is 10.6 Å². The third-order valence-corrected chi connectivity index (χ3v) is 6.80. The molecule has 0 radical (unpaired) electrons. The topological polar surface area (TPSA) is 95.6 Å². The van der Waals surface area contributed by atoms with Crippen molar-refractivity contribution in [3.63, 3.8) is 0 Å². The number of para-hydroxylation sites is 1. The van der Waals surface area contributed by atoms with Crippen LogP contribution in [0.3, 0.4) is 0 Å². The third kappa shape index (κ3) is 4.52. The van der Waals surface area contributed by atoms with Crippen LogP contribution < -0.4 is 10.6 Å². The number of hydrogen-bond acceptors (Lipinski definition) is 4. The highest BCUT2D eigenvalue weighted by Crippen LogP contribution is 2.25. The maximum absolute atomic E-state index is 12.8. The number of sulfonamides is 1. The van der Waals surface area contributed by atoms with E-state index in [1.54, 1.807) is 54.6 Å². The molecule has 0 unspecified atom stereocenters. The average molecular weight is 422 g/mol.